The summed E-state index contributed by atoms with van der Waals surface area (Å²) >= 11 is 0. The van der Waals surface area contributed by atoms with E-state index in [0.29, 0.717) is 5.82 Å². The van der Waals surface area contributed by atoms with Gasteiger partial charge in [0.1, 0.15) is 17.5 Å². The Kier molecular flexibility index (Phi) is 5.13. The van der Waals surface area contributed by atoms with Gasteiger partial charge in [-0.15, -0.1) is 0 Å². The van der Waals surface area contributed by atoms with Crippen LogP contribution in [0.3, 0.4) is 0 Å². The molecule has 0 atom stereocenters. The minimum Gasteiger partial charge on any atom is -0.359 e. The third-order valence-corrected chi connectivity index (χ3v) is 3.69. The molecule has 0 fully saturated rings. The Morgan fingerprint density at radius 1 is 1.04 bits per heavy atom. The normalized spacial score (nSPS) is 10.5. The highest BCUT2D eigenvalue weighted by Gasteiger charge is 2.08. The molecule has 0 saturated carbocycles. The summed E-state index contributed by atoms with van der Waals surface area (Å²) in [5, 5.41) is 2.77. The zero-order valence-electron chi connectivity index (χ0n) is 13.7. The summed E-state index contributed by atoms with van der Waals surface area (Å²) in [7, 11) is 1.92. The largest absolute Gasteiger partial charge is 0.359 e. The van der Waals surface area contributed by atoms with E-state index in [1.54, 1.807) is 24.7 Å². The molecule has 2 aromatic heterocycles. The lowest BCUT2D eigenvalue weighted by atomic mass is 10.2. The number of anilines is 3. The average Bonchev–Trinajstić information content (AvgIpc) is 2.63. The topological polar surface area (TPSA) is 53.9 Å². The van der Waals surface area contributed by atoms with Crippen molar-refractivity contribution in [3.8, 4) is 0 Å². The molecule has 3 rings (SSSR count). The molecule has 2 heterocycles. The molecule has 0 aliphatic carbocycles. The summed E-state index contributed by atoms with van der Waals surface area (Å²) in [4.78, 5) is 14.4. The number of aromatic nitrogens is 3. The predicted molar refractivity (Wildman–Crippen MR) is 92.9 cm³/mol. The molecule has 0 aliphatic rings. The molecule has 0 amide bonds. The van der Waals surface area contributed by atoms with E-state index in [2.05, 4.69) is 20.3 Å². The number of hydrogen-bond donors (Lipinski definition) is 1. The first-order valence-corrected chi connectivity index (χ1v) is 7.77. The van der Waals surface area contributed by atoms with Gasteiger partial charge in [0.05, 0.1) is 5.69 Å². The van der Waals surface area contributed by atoms with Crippen LogP contribution in [-0.2, 0) is 6.42 Å². The summed E-state index contributed by atoms with van der Waals surface area (Å²) in [6.45, 7) is 0.755. The van der Waals surface area contributed by atoms with Gasteiger partial charge < -0.3 is 10.2 Å². The quantitative estimate of drug-likeness (QED) is 0.743. The molecule has 0 aliphatic heterocycles. The van der Waals surface area contributed by atoms with Crippen LogP contribution in [-0.4, -0.2) is 28.5 Å². The molecule has 3 aromatic rings. The lowest BCUT2D eigenvalue weighted by Gasteiger charge is -2.18. The molecule has 5 nitrogen and oxygen atoms in total. The van der Waals surface area contributed by atoms with Crippen LogP contribution in [0.4, 0.5) is 26.2 Å². The number of benzene rings is 1. The Morgan fingerprint density at radius 2 is 1.84 bits per heavy atom. The van der Waals surface area contributed by atoms with E-state index in [1.807, 2.05) is 24.1 Å². The number of hydrogen-bond acceptors (Lipinski definition) is 5. The first-order chi connectivity index (χ1) is 12.1. The molecular weight excluding hydrogens is 324 g/mol. The van der Waals surface area contributed by atoms with Crippen LogP contribution in [0.5, 0.6) is 0 Å². The maximum atomic E-state index is 13.7. The Morgan fingerprint density at radius 3 is 2.60 bits per heavy atom. The highest BCUT2D eigenvalue weighted by Crippen LogP contribution is 2.19. The number of nitrogens with zero attached hydrogens (tertiary/aromatic N) is 4. The highest BCUT2D eigenvalue weighted by molar-refractivity contribution is 5.55. The number of pyridine rings is 1. The van der Waals surface area contributed by atoms with Gasteiger partial charge in [-0.3, -0.25) is 4.98 Å². The molecule has 128 valence electrons. The van der Waals surface area contributed by atoms with Crippen molar-refractivity contribution in [2.24, 2.45) is 0 Å². The van der Waals surface area contributed by atoms with Crippen molar-refractivity contribution in [1.82, 2.24) is 15.0 Å². The smallest absolute Gasteiger partial charge is 0.229 e. The van der Waals surface area contributed by atoms with Crippen LogP contribution >= 0.6 is 0 Å². The van der Waals surface area contributed by atoms with Crippen LogP contribution in [0, 0.1) is 11.6 Å². The standard InChI is InChI=1S/C18H17F2N5/c1-25(11-7-13-4-8-21-9-5-13)17-6-10-22-18(24-17)23-16-3-2-14(19)12-15(16)20/h2-6,8-10,12H,7,11H2,1H3,(H,22,23,24). The summed E-state index contributed by atoms with van der Waals surface area (Å²) in [6, 6.07) is 9.02. The second-order valence-electron chi connectivity index (χ2n) is 5.51. The van der Waals surface area contributed by atoms with E-state index in [1.165, 1.54) is 17.7 Å². The first kappa shape index (κ1) is 16.8. The molecular formula is C18H17F2N5. The number of nitrogens with one attached hydrogen (secondary N) is 1. The van der Waals surface area contributed by atoms with E-state index in [9.17, 15) is 8.78 Å². The second kappa shape index (κ2) is 7.65. The van der Waals surface area contributed by atoms with Crippen molar-refractivity contribution in [3.05, 3.63) is 72.2 Å². The van der Waals surface area contributed by atoms with Gasteiger partial charge in [-0.05, 0) is 42.3 Å². The van der Waals surface area contributed by atoms with Gasteiger partial charge >= 0.3 is 0 Å². The Labute approximate surface area is 144 Å². The Bertz CT molecular complexity index is 842. The van der Waals surface area contributed by atoms with Crippen LogP contribution in [0.1, 0.15) is 5.56 Å². The Hall–Kier alpha value is -3.09. The Balaban J connectivity index is 1.68. The third-order valence-electron chi connectivity index (χ3n) is 3.69. The van der Waals surface area contributed by atoms with Crippen molar-refractivity contribution in [2.45, 2.75) is 6.42 Å². The van der Waals surface area contributed by atoms with Gasteiger partial charge in [0.15, 0.2) is 0 Å². The molecule has 25 heavy (non-hydrogen) atoms. The van der Waals surface area contributed by atoms with Crippen LogP contribution in [0.15, 0.2) is 55.0 Å². The van der Waals surface area contributed by atoms with E-state index in [0.717, 1.165) is 19.0 Å². The zero-order valence-corrected chi connectivity index (χ0v) is 13.7. The molecule has 1 aromatic carbocycles. The first-order valence-electron chi connectivity index (χ1n) is 7.77. The maximum Gasteiger partial charge on any atom is 0.229 e. The highest BCUT2D eigenvalue weighted by atomic mass is 19.1. The van der Waals surface area contributed by atoms with E-state index in [-0.39, 0.29) is 11.6 Å². The van der Waals surface area contributed by atoms with Crippen LogP contribution in [0.25, 0.3) is 0 Å². The van der Waals surface area contributed by atoms with Gasteiger partial charge in [0.2, 0.25) is 5.95 Å². The predicted octanol–water partition coefficient (Wildman–Crippen LogP) is 3.57. The fourth-order valence-corrected chi connectivity index (χ4v) is 2.29. The van der Waals surface area contributed by atoms with Crippen molar-refractivity contribution in [2.75, 3.05) is 23.8 Å². The lowest BCUT2D eigenvalue weighted by Crippen LogP contribution is -2.21. The van der Waals surface area contributed by atoms with Gasteiger partial charge in [-0.25, -0.2) is 13.8 Å². The molecule has 0 saturated heterocycles. The van der Waals surface area contributed by atoms with Gasteiger partial charge in [0.25, 0.3) is 0 Å². The van der Waals surface area contributed by atoms with Crippen LogP contribution < -0.4 is 10.2 Å². The minimum absolute atomic E-state index is 0.123. The monoisotopic (exact) mass is 341 g/mol. The van der Waals surface area contributed by atoms with Crippen molar-refractivity contribution < 1.29 is 8.78 Å². The fraction of sp³-hybridized carbons (Fsp3) is 0.167. The fourth-order valence-electron chi connectivity index (χ4n) is 2.29. The van der Waals surface area contributed by atoms with Crippen molar-refractivity contribution in [1.29, 1.82) is 0 Å². The molecule has 0 radical (unpaired) electrons. The maximum absolute atomic E-state index is 13.7. The summed E-state index contributed by atoms with van der Waals surface area (Å²) < 4.78 is 26.7. The van der Waals surface area contributed by atoms with Crippen molar-refractivity contribution >= 4 is 17.5 Å². The number of halogens is 2. The molecule has 0 bridgehead atoms. The zero-order chi connectivity index (χ0) is 17.6. The number of likely N-dealkylation sites (N-methyl/N-ethyl adjacent to an activating group) is 1. The third kappa shape index (κ3) is 4.47. The van der Waals surface area contributed by atoms with Crippen LogP contribution in [0.2, 0.25) is 0 Å². The second-order valence-corrected chi connectivity index (χ2v) is 5.51. The van der Waals surface area contributed by atoms with E-state index >= 15 is 0 Å². The van der Waals surface area contributed by atoms with E-state index in [4.69, 9.17) is 0 Å². The molecule has 1 N–H and O–H groups in total. The molecule has 0 spiro atoms. The van der Waals surface area contributed by atoms with Crippen molar-refractivity contribution in [3.63, 3.8) is 0 Å². The van der Waals surface area contributed by atoms with Gasteiger partial charge in [-0.1, -0.05) is 0 Å². The minimum atomic E-state index is -0.694. The molecule has 0 unspecified atom stereocenters. The summed E-state index contributed by atoms with van der Waals surface area (Å²) in [6.07, 6.45) is 5.96. The molecule has 7 heteroatoms. The van der Waals surface area contributed by atoms with Gasteiger partial charge in [0, 0.05) is 38.2 Å². The SMILES string of the molecule is CN(CCc1ccncc1)c1ccnc(Nc2ccc(F)cc2F)n1. The van der Waals surface area contributed by atoms with Gasteiger partial charge in [-0.2, -0.15) is 4.98 Å². The lowest BCUT2D eigenvalue weighted by molar-refractivity contribution is 0.586. The average molecular weight is 341 g/mol. The summed E-state index contributed by atoms with van der Waals surface area (Å²) in [5.74, 6) is -0.374. The summed E-state index contributed by atoms with van der Waals surface area (Å²) in [5.41, 5.74) is 1.31. The van der Waals surface area contributed by atoms with E-state index < -0.39 is 11.6 Å². The number of rotatable bonds is 6.